The zero-order valence-corrected chi connectivity index (χ0v) is 7.03. The van der Waals surface area contributed by atoms with Crippen molar-refractivity contribution < 1.29 is 4.79 Å². The fourth-order valence-electron chi connectivity index (χ4n) is 0.469. The lowest BCUT2D eigenvalue weighted by Crippen LogP contribution is -2.15. The Labute approximate surface area is 58.6 Å². The molecular formula is C6H11BrO. The number of ketones is 1. The van der Waals surface area contributed by atoms with E-state index in [2.05, 4.69) is 15.9 Å². The van der Waals surface area contributed by atoms with Crippen molar-refractivity contribution in [2.24, 2.45) is 5.92 Å². The largest absolute Gasteiger partial charge is 0.299 e. The molecule has 2 heteroatoms. The summed E-state index contributed by atoms with van der Waals surface area (Å²) in [6.45, 7) is 5.63. The van der Waals surface area contributed by atoms with E-state index in [1.54, 1.807) is 6.92 Å². The third kappa shape index (κ3) is 2.46. The van der Waals surface area contributed by atoms with Gasteiger partial charge >= 0.3 is 0 Å². The summed E-state index contributed by atoms with van der Waals surface area (Å²) in [5.41, 5.74) is 0. The molecule has 0 amide bonds. The molecule has 0 aromatic carbocycles. The monoisotopic (exact) mass is 178 g/mol. The summed E-state index contributed by atoms with van der Waals surface area (Å²) < 4.78 is 0. The minimum Gasteiger partial charge on any atom is -0.299 e. The number of carbonyl (C=O) groups is 1. The van der Waals surface area contributed by atoms with Crippen LogP contribution in [-0.4, -0.2) is 10.6 Å². The Morgan fingerprint density at radius 3 is 1.88 bits per heavy atom. The molecule has 8 heavy (non-hydrogen) atoms. The van der Waals surface area contributed by atoms with Crippen LogP contribution < -0.4 is 0 Å². The second-order valence-corrected chi connectivity index (χ2v) is 3.24. The van der Waals surface area contributed by atoms with Gasteiger partial charge in [-0.2, -0.15) is 0 Å². The number of carbonyl (C=O) groups excluding carboxylic acids is 1. The first-order valence-electron chi connectivity index (χ1n) is 2.70. The molecule has 0 bridgehead atoms. The molecule has 0 radical (unpaired) electrons. The van der Waals surface area contributed by atoms with Gasteiger partial charge in [-0.15, -0.1) is 0 Å². The minimum absolute atomic E-state index is 0.0440. The fourth-order valence-corrected chi connectivity index (χ4v) is 0.469. The number of Topliss-reactive ketones (excluding diaryl/α,β-unsaturated/α-hetero) is 1. The van der Waals surface area contributed by atoms with Crippen LogP contribution >= 0.6 is 15.9 Å². The third-order valence-corrected chi connectivity index (χ3v) is 2.68. The number of alkyl halides is 1. The molecule has 0 N–H and O–H groups in total. The van der Waals surface area contributed by atoms with E-state index in [1.807, 2.05) is 13.8 Å². The van der Waals surface area contributed by atoms with Gasteiger partial charge in [0, 0.05) is 0 Å². The molecule has 48 valence electrons. The molecule has 0 rings (SSSR count). The van der Waals surface area contributed by atoms with E-state index in [9.17, 15) is 4.79 Å². The van der Waals surface area contributed by atoms with Gasteiger partial charge < -0.3 is 0 Å². The van der Waals surface area contributed by atoms with Crippen molar-refractivity contribution in [2.45, 2.75) is 25.6 Å². The van der Waals surface area contributed by atoms with Gasteiger partial charge in [0.1, 0.15) is 5.78 Å². The van der Waals surface area contributed by atoms with Gasteiger partial charge in [0.05, 0.1) is 4.83 Å². The normalized spacial score (nSPS) is 14.1. The first-order valence-corrected chi connectivity index (χ1v) is 3.61. The number of rotatable bonds is 2. The van der Waals surface area contributed by atoms with E-state index in [4.69, 9.17) is 0 Å². The molecule has 0 aliphatic heterocycles. The molecule has 0 saturated heterocycles. The lowest BCUT2D eigenvalue weighted by molar-refractivity contribution is -0.116. The van der Waals surface area contributed by atoms with Crippen molar-refractivity contribution in [3.8, 4) is 0 Å². The van der Waals surface area contributed by atoms with E-state index in [-0.39, 0.29) is 10.6 Å². The molecule has 0 aromatic heterocycles. The zero-order chi connectivity index (χ0) is 6.73. The van der Waals surface area contributed by atoms with E-state index < -0.39 is 0 Å². The van der Waals surface area contributed by atoms with Gasteiger partial charge in [-0.1, -0.05) is 29.8 Å². The summed E-state index contributed by atoms with van der Waals surface area (Å²) in [6.07, 6.45) is 0. The Kier molecular flexibility index (Phi) is 3.29. The lowest BCUT2D eigenvalue weighted by atomic mass is 10.1. The van der Waals surface area contributed by atoms with Crippen LogP contribution in [-0.2, 0) is 4.79 Å². The Morgan fingerprint density at radius 1 is 1.50 bits per heavy atom. The summed E-state index contributed by atoms with van der Waals surface area (Å²) in [5, 5.41) is 0. The van der Waals surface area contributed by atoms with Gasteiger partial charge in [0.2, 0.25) is 0 Å². The van der Waals surface area contributed by atoms with Gasteiger partial charge in [-0.25, -0.2) is 0 Å². The summed E-state index contributed by atoms with van der Waals surface area (Å²) in [6, 6.07) is 0. The van der Waals surface area contributed by atoms with Crippen LogP contribution in [0.15, 0.2) is 0 Å². The van der Waals surface area contributed by atoms with Crippen molar-refractivity contribution >= 4 is 21.7 Å². The summed E-state index contributed by atoms with van der Waals surface area (Å²) in [4.78, 5) is 10.6. The van der Waals surface area contributed by atoms with E-state index in [0.29, 0.717) is 5.92 Å². The summed E-state index contributed by atoms with van der Waals surface area (Å²) >= 11 is 3.26. The second-order valence-electron chi connectivity index (χ2n) is 2.26. The maximum Gasteiger partial charge on any atom is 0.143 e. The van der Waals surface area contributed by atoms with E-state index in [0.717, 1.165) is 0 Å². The second kappa shape index (κ2) is 3.23. The van der Waals surface area contributed by atoms with Crippen LogP contribution in [0.3, 0.4) is 0 Å². The molecule has 0 saturated carbocycles. The quantitative estimate of drug-likeness (QED) is 0.592. The smallest absolute Gasteiger partial charge is 0.143 e. The topological polar surface area (TPSA) is 17.1 Å². The highest BCUT2D eigenvalue weighted by molar-refractivity contribution is 9.10. The van der Waals surface area contributed by atoms with Gasteiger partial charge in [-0.05, 0) is 12.8 Å². The molecule has 1 atom stereocenters. The molecule has 0 spiro atoms. The molecule has 0 heterocycles. The van der Waals surface area contributed by atoms with Crippen molar-refractivity contribution in [3.63, 3.8) is 0 Å². The van der Waals surface area contributed by atoms with Gasteiger partial charge in [0.25, 0.3) is 0 Å². The van der Waals surface area contributed by atoms with Crippen molar-refractivity contribution in [1.82, 2.24) is 0 Å². The molecule has 0 aliphatic carbocycles. The first kappa shape index (κ1) is 8.15. The first-order chi connectivity index (χ1) is 3.55. The highest BCUT2D eigenvalue weighted by atomic mass is 79.9. The molecule has 0 unspecified atom stereocenters. The SMILES string of the molecule is CC(=O)[C@@H](Br)C(C)C. The molecule has 1 nitrogen and oxygen atoms in total. The average Bonchev–Trinajstić information content (AvgIpc) is 1.64. The maximum absolute atomic E-state index is 10.5. The van der Waals surface area contributed by atoms with E-state index >= 15 is 0 Å². The third-order valence-electron chi connectivity index (χ3n) is 0.974. The van der Waals surface area contributed by atoms with Crippen molar-refractivity contribution in [3.05, 3.63) is 0 Å². The van der Waals surface area contributed by atoms with Crippen LogP contribution in [0.5, 0.6) is 0 Å². The van der Waals surface area contributed by atoms with Crippen LogP contribution in [0.25, 0.3) is 0 Å². The number of halogens is 1. The lowest BCUT2D eigenvalue weighted by Gasteiger charge is -2.07. The Hall–Kier alpha value is 0.150. The maximum atomic E-state index is 10.5. The number of hydrogen-bond donors (Lipinski definition) is 0. The zero-order valence-electron chi connectivity index (χ0n) is 5.44. The number of hydrogen-bond acceptors (Lipinski definition) is 1. The van der Waals surface area contributed by atoms with Crippen molar-refractivity contribution in [2.75, 3.05) is 0 Å². The van der Waals surface area contributed by atoms with Crippen LogP contribution in [0.2, 0.25) is 0 Å². The molecular weight excluding hydrogens is 168 g/mol. The average molecular weight is 179 g/mol. The van der Waals surface area contributed by atoms with Crippen LogP contribution in [0, 0.1) is 5.92 Å². The predicted molar refractivity (Wildman–Crippen MR) is 38.2 cm³/mol. The van der Waals surface area contributed by atoms with Gasteiger partial charge in [-0.3, -0.25) is 4.79 Å². The van der Waals surface area contributed by atoms with Crippen molar-refractivity contribution in [1.29, 1.82) is 0 Å². The highest BCUT2D eigenvalue weighted by Crippen LogP contribution is 2.11. The van der Waals surface area contributed by atoms with Crippen LogP contribution in [0.4, 0.5) is 0 Å². The Bertz CT molecular complexity index is 88.5. The Balaban J connectivity index is 3.64. The minimum atomic E-state index is 0.0440. The summed E-state index contributed by atoms with van der Waals surface area (Å²) in [7, 11) is 0. The predicted octanol–water partition coefficient (Wildman–Crippen LogP) is 1.99. The molecule has 0 aromatic rings. The fraction of sp³-hybridized carbons (Fsp3) is 0.833. The van der Waals surface area contributed by atoms with E-state index in [1.165, 1.54) is 0 Å². The Morgan fingerprint density at radius 2 is 1.88 bits per heavy atom. The molecule has 0 aliphatic rings. The van der Waals surface area contributed by atoms with Gasteiger partial charge in [0.15, 0.2) is 0 Å². The molecule has 0 fully saturated rings. The van der Waals surface area contributed by atoms with Crippen LogP contribution in [0.1, 0.15) is 20.8 Å². The highest BCUT2D eigenvalue weighted by Gasteiger charge is 2.12. The standard InChI is InChI=1S/C6H11BrO/c1-4(2)6(7)5(3)8/h4,6H,1-3H3/t6-/m0/s1. The summed E-state index contributed by atoms with van der Waals surface area (Å²) in [5.74, 6) is 0.618.